The zero-order valence-corrected chi connectivity index (χ0v) is 10.6. The van der Waals surface area contributed by atoms with E-state index in [1.54, 1.807) is 12.3 Å². The van der Waals surface area contributed by atoms with Crippen molar-refractivity contribution in [2.75, 3.05) is 0 Å². The van der Waals surface area contributed by atoms with Crippen LogP contribution in [-0.4, -0.2) is 19.9 Å². The van der Waals surface area contributed by atoms with Gasteiger partial charge in [0.05, 0.1) is 39.8 Å². The van der Waals surface area contributed by atoms with Crippen LogP contribution in [0.2, 0.25) is 5.02 Å². The molecule has 0 aliphatic carbocycles. The van der Waals surface area contributed by atoms with Crippen molar-refractivity contribution < 1.29 is 4.92 Å². The third-order valence-electron chi connectivity index (χ3n) is 2.33. The van der Waals surface area contributed by atoms with E-state index >= 15 is 0 Å². The minimum Gasteiger partial charge on any atom is -0.258 e. The highest BCUT2D eigenvalue weighted by Gasteiger charge is 2.17. The molecule has 2 rings (SSSR count). The molecule has 0 saturated carbocycles. The summed E-state index contributed by atoms with van der Waals surface area (Å²) in [5.41, 5.74) is 0.965. The molecule has 0 fully saturated rings. The Labute approximate surface area is 112 Å². The molecule has 0 amide bonds. The number of halogens is 2. The van der Waals surface area contributed by atoms with Gasteiger partial charge in [0.2, 0.25) is 0 Å². The fourth-order valence-electron chi connectivity index (χ4n) is 1.51. The van der Waals surface area contributed by atoms with Crippen molar-refractivity contribution in [2.45, 2.75) is 12.4 Å². The molecule has 1 aromatic heterocycles. The number of benzene rings is 1. The topological polar surface area (TPSA) is 73.8 Å². The van der Waals surface area contributed by atoms with E-state index < -0.39 is 4.92 Å². The molecule has 2 aromatic rings. The minimum absolute atomic E-state index is 0.0366. The Balaban J connectivity index is 2.36. The third kappa shape index (κ3) is 2.60. The standard InChI is InChI=1S/C10H8Cl2N4O2/c11-4-7-5-15(14-13-7)6-8-9(12)2-1-3-10(8)16(17)18/h1-3,5H,4,6H2. The smallest absolute Gasteiger partial charge is 0.258 e. The van der Waals surface area contributed by atoms with Crippen molar-refractivity contribution in [3.8, 4) is 0 Å². The Morgan fingerprint density at radius 1 is 1.44 bits per heavy atom. The molecule has 0 N–H and O–H groups in total. The normalized spacial score (nSPS) is 10.6. The van der Waals surface area contributed by atoms with Crippen molar-refractivity contribution in [3.05, 3.63) is 50.8 Å². The number of hydrogen-bond donors (Lipinski definition) is 0. The third-order valence-corrected chi connectivity index (χ3v) is 2.96. The highest BCUT2D eigenvalue weighted by molar-refractivity contribution is 6.31. The Morgan fingerprint density at radius 2 is 2.22 bits per heavy atom. The van der Waals surface area contributed by atoms with E-state index in [9.17, 15) is 10.1 Å². The van der Waals surface area contributed by atoms with Crippen LogP contribution >= 0.6 is 23.2 Å². The van der Waals surface area contributed by atoms with E-state index in [0.717, 1.165) is 0 Å². The van der Waals surface area contributed by atoms with Crippen molar-refractivity contribution >= 4 is 28.9 Å². The van der Waals surface area contributed by atoms with Crippen LogP contribution in [0.15, 0.2) is 24.4 Å². The van der Waals surface area contributed by atoms with Gasteiger partial charge in [-0.05, 0) is 6.07 Å². The number of alkyl halides is 1. The average Bonchev–Trinajstić information content (AvgIpc) is 2.79. The van der Waals surface area contributed by atoms with Gasteiger partial charge >= 0.3 is 0 Å². The maximum atomic E-state index is 10.9. The van der Waals surface area contributed by atoms with E-state index in [2.05, 4.69) is 10.3 Å². The second-order valence-electron chi connectivity index (χ2n) is 3.54. The molecule has 0 aliphatic heterocycles. The van der Waals surface area contributed by atoms with Crippen LogP contribution < -0.4 is 0 Å². The van der Waals surface area contributed by atoms with E-state index in [-0.39, 0.29) is 18.1 Å². The average molecular weight is 287 g/mol. The Morgan fingerprint density at radius 3 is 2.83 bits per heavy atom. The second kappa shape index (κ2) is 5.32. The lowest BCUT2D eigenvalue weighted by Crippen LogP contribution is -2.04. The predicted molar refractivity (Wildman–Crippen MR) is 66.8 cm³/mol. The van der Waals surface area contributed by atoms with Crippen molar-refractivity contribution in [1.82, 2.24) is 15.0 Å². The lowest BCUT2D eigenvalue weighted by atomic mass is 10.2. The van der Waals surface area contributed by atoms with Gasteiger partial charge < -0.3 is 0 Å². The van der Waals surface area contributed by atoms with E-state index in [4.69, 9.17) is 23.2 Å². The summed E-state index contributed by atoms with van der Waals surface area (Å²) in [6, 6.07) is 4.54. The van der Waals surface area contributed by atoms with Gasteiger partial charge in [-0.15, -0.1) is 16.7 Å². The van der Waals surface area contributed by atoms with Gasteiger partial charge in [-0.1, -0.05) is 22.9 Å². The summed E-state index contributed by atoms with van der Waals surface area (Å²) in [7, 11) is 0. The number of rotatable bonds is 4. The molecular formula is C10H8Cl2N4O2. The summed E-state index contributed by atoms with van der Waals surface area (Å²) >= 11 is 11.6. The quantitative estimate of drug-likeness (QED) is 0.492. The summed E-state index contributed by atoms with van der Waals surface area (Å²) in [5.74, 6) is 0.241. The summed E-state index contributed by atoms with van der Waals surface area (Å²) in [5, 5.41) is 18.9. The second-order valence-corrected chi connectivity index (χ2v) is 4.21. The van der Waals surface area contributed by atoms with Gasteiger partial charge in [-0.25, -0.2) is 4.68 Å². The lowest BCUT2D eigenvalue weighted by Gasteiger charge is -2.04. The number of nitro benzene ring substituents is 1. The SMILES string of the molecule is O=[N+]([O-])c1cccc(Cl)c1Cn1cc(CCl)nn1. The largest absolute Gasteiger partial charge is 0.275 e. The van der Waals surface area contributed by atoms with Crippen LogP contribution in [0.5, 0.6) is 0 Å². The van der Waals surface area contributed by atoms with E-state index in [0.29, 0.717) is 16.3 Å². The number of nitro groups is 1. The molecular weight excluding hydrogens is 279 g/mol. The van der Waals surface area contributed by atoms with Gasteiger partial charge in [-0.2, -0.15) is 0 Å². The number of hydrogen-bond acceptors (Lipinski definition) is 4. The van der Waals surface area contributed by atoms with Crippen LogP contribution in [0.4, 0.5) is 5.69 Å². The van der Waals surface area contributed by atoms with Crippen LogP contribution in [-0.2, 0) is 12.4 Å². The molecule has 0 unspecified atom stereocenters. The summed E-state index contributed by atoms with van der Waals surface area (Å²) in [4.78, 5) is 10.4. The molecule has 0 spiro atoms. The molecule has 0 saturated heterocycles. The minimum atomic E-state index is -0.472. The zero-order valence-electron chi connectivity index (χ0n) is 9.08. The molecule has 18 heavy (non-hydrogen) atoms. The van der Waals surface area contributed by atoms with Crippen molar-refractivity contribution in [2.24, 2.45) is 0 Å². The number of nitrogens with zero attached hydrogens (tertiary/aromatic N) is 4. The van der Waals surface area contributed by atoms with Gasteiger partial charge in [-0.3, -0.25) is 10.1 Å². The number of aromatic nitrogens is 3. The fraction of sp³-hybridized carbons (Fsp3) is 0.200. The first-order valence-corrected chi connectivity index (χ1v) is 5.90. The van der Waals surface area contributed by atoms with Crippen LogP contribution in [0.3, 0.4) is 0 Å². The summed E-state index contributed by atoms with van der Waals surface area (Å²) < 4.78 is 1.46. The summed E-state index contributed by atoms with van der Waals surface area (Å²) in [6.45, 7) is 0.180. The highest BCUT2D eigenvalue weighted by atomic mass is 35.5. The van der Waals surface area contributed by atoms with Crippen molar-refractivity contribution in [3.63, 3.8) is 0 Å². The van der Waals surface area contributed by atoms with Crippen LogP contribution in [0.1, 0.15) is 11.3 Å². The monoisotopic (exact) mass is 286 g/mol. The first-order chi connectivity index (χ1) is 8.61. The molecule has 8 heteroatoms. The molecule has 6 nitrogen and oxygen atoms in total. The summed E-state index contributed by atoms with van der Waals surface area (Å²) in [6.07, 6.45) is 1.63. The van der Waals surface area contributed by atoms with Gasteiger partial charge in [0.25, 0.3) is 5.69 Å². The molecule has 1 aromatic carbocycles. The van der Waals surface area contributed by atoms with Crippen LogP contribution in [0.25, 0.3) is 0 Å². The van der Waals surface area contributed by atoms with Gasteiger partial charge in [0.1, 0.15) is 0 Å². The molecule has 0 aliphatic rings. The van der Waals surface area contributed by atoms with Crippen molar-refractivity contribution in [1.29, 1.82) is 0 Å². The Kier molecular flexibility index (Phi) is 3.78. The lowest BCUT2D eigenvalue weighted by molar-refractivity contribution is -0.385. The predicted octanol–water partition coefficient (Wildman–Crippen LogP) is 2.63. The maximum absolute atomic E-state index is 10.9. The Hall–Kier alpha value is -1.66. The highest BCUT2D eigenvalue weighted by Crippen LogP contribution is 2.26. The fourth-order valence-corrected chi connectivity index (χ4v) is 1.87. The maximum Gasteiger partial charge on any atom is 0.275 e. The van der Waals surface area contributed by atoms with Gasteiger partial charge in [0.15, 0.2) is 0 Å². The molecule has 94 valence electrons. The van der Waals surface area contributed by atoms with E-state index in [1.165, 1.54) is 16.8 Å². The molecule has 0 bridgehead atoms. The Bertz CT molecular complexity index is 585. The zero-order chi connectivity index (χ0) is 13.1. The first-order valence-electron chi connectivity index (χ1n) is 4.98. The molecule has 0 atom stereocenters. The first kappa shape index (κ1) is 12.8. The molecule has 1 heterocycles. The van der Waals surface area contributed by atoms with E-state index in [1.807, 2.05) is 0 Å². The molecule has 0 radical (unpaired) electrons. The van der Waals surface area contributed by atoms with Crippen LogP contribution in [0, 0.1) is 10.1 Å². The van der Waals surface area contributed by atoms with Gasteiger partial charge in [0, 0.05) is 6.07 Å².